The number of terminal acetylenes is 1. The van der Waals surface area contributed by atoms with Gasteiger partial charge in [0.2, 0.25) is 0 Å². The van der Waals surface area contributed by atoms with E-state index < -0.39 is 0 Å². The van der Waals surface area contributed by atoms with Gasteiger partial charge < -0.3 is 5.32 Å². The summed E-state index contributed by atoms with van der Waals surface area (Å²) < 4.78 is 0. The molecule has 1 nitrogen and oxygen atoms in total. The Bertz CT molecular complexity index is 348. The number of unbranched alkanes of at least 4 members (excludes halogenated alkanes) is 1. The minimum absolute atomic E-state index is 0.722. The van der Waals surface area contributed by atoms with Gasteiger partial charge >= 0.3 is 0 Å². The topological polar surface area (TPSA) is 12.0 Å². The minimum Gasteiger partial charge on any atom is -0.341 e. The van der Waals surface area contributed by atoms with Crippen LogP contribution in [0.4, 0.5) is 0 Å². The van der Waals surface area contributed by atoms with Gasteiger partial charge in [0.15, 0.2) is 0 Å². The van der Waals surface area contributed by atoms with Crippen molar-refractivity contribution in [1.29, 1.82) is 0 Å². The third kappa shape index (κ3) is 4.24. The van der Waals surface area contributed by atoms with Crippen LogP contribution in [0.25, 0.3) is 0 Å². The first-order valence-corrected chi connectivity index (χ1v) is 4.61. The summed E-state index contributed by atoms with van der Waals surface area (Å²) in [5, 5.41) is 3.03. The predicted molar refractivity (Wildman–Crippen MR) is 59.1 cm³/mol. The Labute approximate surface area is 85.5 Å². The highest BCUT2D eigenvalue weighted by Crippen LogP contribution is 1.96. The van der Waals surface area contributed by atoms with Crippen LogP contribution >= 0.6 is 0 Å². The Morgan fingerprint density at radius 3 is 2.64 bits per heavy atom. The van der Waals surface area contributed by atoms with Crippen molar-refractivity contribution in [3.8, 4) is 24.3 Å². The van der Waals surface area contributed by atoms with E-state index in [-0.39, 0.29) is 0 Å². The second kappa shape index (κ2) is 6.63. The lowest BCUT2D eigenvalue weighted by atomic mass is 10.2. The minimum atomic E-state index is 0.722. The van der Waals surface area contributed by atoms with Gasteiger partial charge in [0.25, 0.3) is 0 Å². The fraction of sp³-hybridized carbons (Fsp3) is 0.231. The Balaban J connectivity index is 2.21. The molecule has 1 aromatic rings. The normalized spacial score (nSPS) is 8.21. The van der Waals surface area contributed by atoms with Crippen LogP contribution in [0.2, 0.25) is 0 Å². The maximum atomic E-state index is 5.10. The van der Waals surface area contributed by atoms with Crippen molar-refractivity contribution >= 4 is 0 Å². The average molecular weight is 183 g/mol. The maximum Gasteiger partial charge on any atom is 0.0480 e. The molecule has 1 N–H and O–H groups in total. The van der Waals surface area contributed by atoms with E-state index in [0.717, 1.165) is 19.4 Å². The predicted octanol–water partition coefficient (Wildman–Crippen LogP) is 2.15. The van der Waals surface area contributed by atoms with Gasteiger partial charge in [0.1, 0.15) is 0 Å². The molecule has 70 valence electrons. The van der Waals surface area contributed by atoms with E-state index in [4.69, 9.17) is 6.42 Å². The van der Waals surface area contributed by atoms with Crippen molar-refractivity contribution in [2.75, 3.05) is 0 Å². The van der Waals surface area contributed by atoms with E-state index in [1.165, 1.54) is 5.56 Å². The fourth-order valence-electron chi connectivity index (χ4n) is 1.00. The summed E-state index contributed by atoms with van der Waals surface area (Å²) in [6.45, 7) is 0.782. The second-order valence-electron chi connectivity index (χ2n) is 2.85. The summed E-state index contributed by atoms with van der Waals surface area (Å²) in [5.41, 5.74) is 1.23. The zero-order chi connectivity index (χ0) is 10.1. The second-order valence-corrected chi connectivity index (χ2v) is 2.85. The van der Waals surface area contributed by atoms with Crippen molar-refractivity contribution in [3.05, 3.63) is 35.9 Å². The molecule has 0 amide bonds. The third-order valence-electron chi connectivity index (χ3n) is 1.71. The highest BCUT2D eigenvalue weighted by atomic mass is 14.8. The van der Waals surface area contributed by atoms with Crippen LogP contribution in [-0.2, 0) is 6.54 Å². The van der Waals surface area contributed by atoms with Crippen LogP contribution in [0.1, 0.15) is 18.4 Å². The molecule has 14 heavy (non-hydrogen) atoms. The number of hydrogen-bond acceptors (Lipinski definition) is 1. The molecule has 0 saturated carbocycles. The summed E-state index contributed by atoms with van der Waals surface area (Å²) in [5.74, 6) is 5.50. The number of nitrogens with one attached hydrogen (secondary N) is 1. The average Bonchev–Trinajstić information content (AvgIpc) is 2.25. The van der Waals surface area contributed by atoms with Gasteiger partial charge in [0.05, 0.1) is 0 Å². The molecule has 0 heterocycles. The quantitative estimate of drug-likeness (QED) is 0.430. The molecule has 0 aliphatic carbocycles. The summed E-state index contributed by atoms with van der Waals surface area (Å²) >= 11 is 0. The van der Waals surface area contributed by atoms with E-state index in [1.54, 1.807) is 0 Å². The summed E-state index contributed by atoms with van der Waals surface area (Å²) in [4.78, 5) is 0. The van der Waals surface area contributed by atoms with Crippen LogP contribution in [0, 0.1) is 24.3 Å². The van der Waals surface area contributed by atoms with Gasteiger partial charge in [-0.05, 0) is 5.56 Å². The van der Waals surface area contributed by atoms with Gasteiger partial charge in [-0.2, -0.15) is 0 Å². The molecule has 0 radical (unpaired) electrons. The molecule has 1 rings (SSSR count). The highest BCUT2D eigenvalue weighted by Gasteiger charge is 1.85. The van der Waals surface area contributed by atoms with E-state index in [2.05, 4.69) is 35.3 Å². The monoisotopic (exact) mass is 183 g/mol. The van der Waals surface area contributed by atoms with E-state index in [9.17, 15) is 0 Å². The van der Waals surface area contributed by atoms with E-state index in [0.29, 0.717) is 0 Å². The number of hydrogen-bond donors (Lipinski definition) is 1. The van der Waals surface area contributed by atoms with Crippen molar-refractivity contribution in [2.24, 2.45) is 0 Å². The van der Waals surface area contributed by atoms with Crippen LogP contribution in [0.15, 0.2) is 30.3 Å². The molecular formula is C13H13N. The Hall–Kier alpha value is -1.86. The zero-order valence-electron chi connectivity index (χ0n) is 8.09. The van der Waals surface area contributed by atoms with Gasteiger partial charge in [-0.1, -0.05) is 36.3 Å². The van der Waals surface area contributed by atoms with Crippen molar-refractivity contribution < 1.29 is 0 Å². The molecule has 0 saturated heterocycles. The van der Waals surface area contributed by atoms with Crippen molar-refractivity contribution in [3.63, 3.8) is 0 Å². The molecule has 0 atom stereocenters. The van der Waals surface area contributed by atoms with Crippen LogP contribution < -0.4 is 5.32 Å². The summed E-state index contributed by atoms with van der Waals surface area (Å²) in [6, 6.07) is 13.0. The standard InChI is InChI=1S/C13H13N/c1-2-3-4-8-11-14-12-13-9-6-5-7-10-13/h1,5-7,9-10,14H,3-4,12H2. The highest BCUT2D eigenvalue weighted by molar-refractivity contribution is 5.15. The largest absolute Gasteiger partial charge is 0.341 e. The lowest BCUT2D eigenvalue weighted by molar-refractivity contribution is 0.897. The molecular weight excluding hydrogens is 170 g/mol. The van der Waals surface area contributed by atoms with Crippen LogP contribution in [0.3, 0.4) is 0 Å². The molecule has 1 heteroatoms. The number of benzene rings is 1. The van der Waals surface area contributed by atoms with E-state index in [1.807, 2.05) is 18.2 Å². The lowest BCUT2D eigenvalue weighted by Gasteiger charge is -1.97. The van der Waals surface area contributed by atoms with Gasteiger partial charge in [0, 0.05) is 25.4 Å². The smallest absolute Gasteiger partial charge is 0.0480 e. The molecule has 0 fully saturated rings. The van der Waals surface area contributed by atoms with Crippen LogP contribution in [0.5, 0.6) is 0 Å². The first-order chi connectivity index (χ1) is 6.93. The molecule has 0 spiro atoms. The van der Waals surface area contributed by atoms with Crippen molar-refractivity contribution in [2.45, 2.75) is 19.4 Å². The fourth-order valence-corrected chi connectivity index (χ4v) is 1.00. The first kappa shape index (κ1) is 10.2. The lowest BCUT2D eigenvalue weighted by Crippen LogP contribution is -2.04. The molecule has 1 aromatic carbocycles. The molecule has 0 aliphatic heterocycles. The SMILES string of the molecule is C#CCCC#CNCc1ccccc1. The summed E-state index contributed by atoms with van der Waals surface area (Å²) in [6.07, 6.45) is 6.58. The Morgan fingerprint density at radius 2 is 1.93 bits per heavy atom. The number of rotatable bonds is 3. The Kier molecular flexibility index (Phi) is 4.84. The van der Waals surface area contributed by atoms with Gasteiger partial charge in [-0.15, -0.1) is 12.3 Å². The first-order valence-electron chi connectivity index (χ1n) is 4.61. The molecule has 0 bridgehead atoms. The molecule has 0 unspecified atom stereocenters. The van der Waals surface area contributed by atoms with E-state index >= 15 is 0 Å². The van der Waals surface area contributed by atoms with Gasteiger partial charge in [-0.3, -0.25) is 0 Å². The maximum absolute atomic E-state index is 5.10. The van der Waals surface area contributed by atoms with Crippen molar-refractivity contribution in [1.82, 2.24) is 5.32 Å². The van der Waals surface area contributed by atoms with Crippen LogP contribution in [-0.4, -0.2) is 0 Å². The van der Waals surface area contributed by atoms with Gasteiger partial charge in [-0.25, -0.2) is 0 Å². The molecule has 0 aromatic heterocycles. The summed E-state index contributed by atoms with van der Waals surface area (Å²) in [7, 11) is 0. The zero-order valence-corrected chi connectivity index (χ0v) is 8.09. The molecule has 0 aliphatic rings. The Morgan fingerprint density at radius 1 is 1.14 bits per heavy atom. The third-order valence-corrected chi connectivity index (χ3v) is 1.71.